The fraction of sp³-hybridized carbons (Fsp3) is 0.462. The molecule has 0 aromatic heterocycles. The maximum Gasteiger partial charge on any atom is 0.311 e. The predicted octanol–water partition coefficient (Wildman–Crippen LogP) is 2.60. The van der Waals surface area contributed by atoms with Gasteiger partial charge in [-0.05, 0) is 18.9 Å². The van der Waals surface area contributed by atoms with Crippen LogP contribution in [-0.2, 0) is 0 Å². The molecular weight excluding hydrogens is 328 g/mol. The molecule has 1 aliphatic rings. The molecule has 0 bridgehead atoms. The summed E-state index contributed by atoms with van der Waals surface area (Å²) in [6.45, 7) is 1.28. The molecule has 2 rings (SSSR count). The van der Waals surface area contributed by atoms with Crippen LogP contribution in [0.3, 0.4) is 0 Å². The third kappa shape index (κ3) is 2.92. The smallest absolute Gasteiger partial charge is 0.311 e. The number of piperidine rings is 1. The van der Waals surface area contributed by atoms with Crippen molar-refractivity contribution in [1.82, 2.24) is 4.90 Å². The third-order valence-electron chi connectivity index (χ3n) is 3.34. The molecule has 0 spiro atoms. The Bertz CT molecular complexity index is 527. The summed E-state index contributed by atoms with van der Waals surface area (Å²) in [6, 6.07) is 4.40. The Balaban J connectivity index is 2.30. The number of nitro groups is 1. The average Bonchev–Trinajstić information content (AvgIpc) is 2.46. The highest BCUT2D eigenvalue weighted by Gasteiger charge is 2.28. The van der Waals surface area contributed by atoms with Crippen molar-refractivity contribution < 1.29 is 14.5 Å². The van der Waals surface area contributed by atoms with Crippen LogP contribution in [0.15, 0.2) is 18.2 Å². The van der Waals surface area contributed by atoms with E-state index in [1.807, 2.05) is 0 Å². The number of ether oxygens (including phenoxy) is 1. The van der Waals surface area contributed by atoms with Crippen molar-refractivity contribution in [2.45, 2.75) is 17.7 Å². The van der Waals surface area contributed by atoms with Crippen molar-refractivity contribution in [3.63, 3.8) is 0 Å². The van der Waals surface area contributed by atoms with E-state index >= 15 is 0 Å². The number of methoxy groups -OCH3 is 1. The summed E-state index contributed by atoms with van der Waals surface area (Å²) < 4.78 is 5.07. The number of rotatable bonds is 3. The number of carbonyl (C=O) groups excluding carboxylic acids is 1. The number of nitro benzene ring substituents is 1. The zero-order valence-electron chi connectivity index (χ0n) is 11.0. The van der Waals surface area contributed by atoms with Gasteiger partial charge in [0.2, 0.25) is 5.75 Å². The summed E-state index contributed by atoms with van der Waals surface area (Å²) in [6.07, 6.45) is 1.76. The van der Waals surface area contributed by atoms with Gasteiger partial charge in [0, 0.05) is 24.0 Å². The second kappa shape index (κ2) is 6.21. The van der Waals surface area contributed by atoms with Gasteiger partial charge >= 0.3 is 5.69 Å². The number of carbonyl (C=O) groups is 1. The zero-order valence-corrected chi connectivity index (χ0v) is 12.6. The molecule has 7 heteroatoms. The molecule has 0 atom stereocenters. The maximum atomic E-state index is 12.5. The van der Waals surface area contributed by atoms with Crippen LogP contribution in [0.5, 0.6) is 5.75 Å². The van der Waals surface area contributed by atoms with Crippen molar-refractivity contribution in [3.05, 3.63) is 33.9 Å². The first-order valence-corrected chi connectivity index (χ1v) is 7.21. The highest BCUT2D eigenvalue weighted by molar-refractivity contribution is 9.09. The molecule has 1 fully saturated rings. The number of likely N-dealkylation sites (tertiary alicyclic amines) is 1. The molecule has 0 unspecified atom stereocenters. The second-order valence-corrected chi connectivity index (χ2v) is 5.88. The molecule has 0 radical (unpaired) electrons. The van der Waals surface area contributed by atoms with E-state index in [1.165, 1.54) is 19.2 Å². The molecule has 1 heterocycles. The topological polar surface area (TPSA) is 72.7 Å². The van der Waals surface area contributed by atoms with E-state index < -0.39 is 4.92 Å². The lowest BCUT2D eigenvalue weighted by atomic mass is 10.1. The van der Waals surface area contributed by atoms with Crippen LogP contribution in [0.25, 0.3) is 0 Å². The van der Waals surface area contributed by atoms with Gasteiger partial charge in [-0.3, -0.25) is 14.9 Å². The van der Waals surface area contributed by atoms with E-state index in [0.29, 0.717) is 17.9 Å². The van der Waals surface area contributed by atoms with E-state index in [1.54, 1.807) is 11.0 Å². The Kier molecular flexibility index (Phi) is 4.59. The fourth-order valence-corrected chi connectivity index (χ4v) is 2.68. The van der Waals surface area contributed by atoms with Gasteiger partial charge in [-0.15, -0.1) is 0 Å². The van der Waals surface area contributed by atoms with Crippen molar-refractivity contribution in [2.75, 3.05) is 20.2 Å². The van der Waals surface area contributed by atoms with Crippen LogP contribution in [0, 0.1) is 10.1 Å². The van der Waals surface area contributed by atoms with Crippen LogP contribution < -0.4 is 4.74 Å². The Morgan fingerprint density at radius 2 is 2.10 bits per heavy atom. The molecule has 1 aromatic carbocycles. The van der Waals surface area contributed by atoms with Gasteiger partial charge < -0.3 is 9.64 Å². The monoisotopic (exact) mass is 342 g/mol. The minimum Gasteiger partial charge on any atom is -0.490 e. The Labute approximate surface area is 125 Å². The number of para-hydroxylation sites is 1. The molecule has 0 aliphatic carbocycles. The standard InChI is InChI=1S/C13H15BrN2O4/c1-20-12-10(3-2-4-11(12)16(18)19)13(17)15-7-5-9(14)6-8-15/h2-4,9H,5-8H2,1H3. The first-order valence-electron chi connectivity index (χ1n) is 6.29. The number of nitrogens with zero attached hydrogens (tertiary/aromatic N) is 2. The molecule has 1 aromatic rings. The van der Waals surface area contributed by atoms with E-state index in [-0.39, 0.29) is 22.9 Å². The van der Waals surface area contributed by atoms with E-state index in [4.69, 9.17) is 4.74 Å². The Morgan fingerprint density at radius 3 is 2.65 bits per heavy atom. The molecule has 0 saturated carbocycles. The van der Waals surface area contributed by atoms with E-state index in [9.17, 15) is 14.9 Å². The first kappa shape index (κ1) is 14.8. The lowest BCUT2D eigenvalue weighted by Gasteiger charge is -2.29. The number of alkyl halides is 1. The molecule has 1 saturated heterocycles. The molecule has 6 nitrogen and oxygen atoms in total. The van der Waals surface area contributed by atoms with E-state index in [0.717, 1.165) is 12.8 Å². The summed E-state index contributed by atoms with van der Waals surface area (Å²) in [7, 11) is 1.34. The van der Waals surface area contributed by atoms with Crippen LogP contribution >= 0.6 is 15.9 Å². The minimum absolute atomic E-state index is 0.0310. The highest BCUT2D eigenvalue weighted by Crippen LogP contribution is 2.32. The summed E-state index contributed by atoms with van der Waals surface area (Å²) >= 11 is 3.53. The van der Waals surface area contributed by atoms with Crippen molar-refractivity contribution in [3.8, 4) is 5.75 Å². The third-order valence-corrected chi connectivity index (χ3v) is 4.25. The first-order chi connectivity index (χ1) is 9.54. The lowest BCUT2D eigenvalue weighted by Crippen LogP contribution is -2.38. The predicted molar refractivity (Wildman–Crippen MR) is 77.5 cm³/mol. The van der Waals surface area contributed by atoms with Gasteiger partial charge in [0.05, 0.1) is 17.6 Å². The van der Waals surface area contributed by atoms with Crippen molar-refractivity contribution in [1.29, 1.82) is 0 Å². The fourth-order valence-electron chi connectivity index (χ4n) is 2.27. The molecule has 108 valence electrons. The number of halogens is 1. The number of hydrogen-bond acceptors (Lipinski definition) is 4. The summed E-state index contributed by atoms with van der Waals surface area (Å²) in [5.41, 5.74) is 0.0587. The quantitative estimate of drug-likeness (QED) is 0.480. The van der Waals surface area contributed by atoms with Gasteiger partial charge in [0.25, 0.3) is 5.91 Å². The number of amides is 1. The number of hydrogen-bond donors (Lipinski definition) is 0. The molecule has 0 N–H and O–H groups in total. The van der Waals surface area contributed by atoms with Gasteiger partial charge in [0.1, 0.15) is 0 Å². The summed E-state index contributed by atoms with van der Waals surface area (Å²) in [5, 5.41) is 11.0. The van der Waals surface area contributed by atoms with Crippen molar-refractivity contribution >= 4 is 27.5 Å². The largest absolute Gasteiger partial charge is 0.490 e. The minimum atomic E-state index is -0.541. The van der Waals surface area contributed by atoms with E-state index in [2.05, 4.69) is 15.9 Å². The molecule has 20 heavy (non-hydrogen) atoms. The van der Waals surface area contributed by atoms with Crippen LogP contribution in [0.1, 0.15) is 23.2 Å². The molecule has 1 amide bonds. The van der Waals surface area contributed by atoms with Gasteiger partial charge in [-0.2, -0.15) is 0 Å². The SMILES string of the molecule is COc1c(C(=O)N2CCC(Br)CC2)cccc1[N+](=O)[O-]. The number of benzene rings is 1. The Morgan fingerprint density at radius 1 is 1.45 bits per heavy atom. The van der Waals surface area contributed by atoms with Gasteiger partial charge in [-0.25, -0.2) is 0 Å². The Hall–Kier alpha value is -1.63. The second-order valence-electron chi connectivity index (χ2n) is 4.58. The van der Waals surface area contributed by atoms with Gasteiger partial charge in [0.15, 0.2) is 0 Å². The van der Waals surface area contributed by atoms with Gasteiger partial charge in [-0.1, -0.05) is 22.0 Å². The average molecular weight is 343 g/mol. The lowest BCUT2D eigenvalue weighted by molar-refractivity contribution is -0.385. The van der Waals surface area contributed by atoms with Crippen LogP contribution in [0.4, 0.5) is 5.69 Å². The normalized spacial score (nSPS) is 16.0. The molecular formula is C13H15BrN2O4. The van der Waals surface area contributed by atoms with Crippen LogP contribution in [-0.4, -0.2) is 40.8 Å². The van der Waals surface area contributed by atoms with Crippen molar-refractivity contribution in [2.24, 2.45) is 0 Å². The maximum absolute atomic E-state index is 12.5. The molecule has 1 aliphatic heterocycles. The highest BCUT2D eigenvalue weighted by atomic mass is 79.9. The zero-order chi connectivity index (χ0) is 14.7. The summed E-state index contributed by atoms with van der Waals surface area (Å²) in [5.74, 6) is -0.187. The van der Waals surface area contributed by atoms with Crippen LogP contribution in [0.2, 0.25) is 0 Å². The summed E-state index contributed by atoms with van der Waals surface area (Å²) in [4.78, 5) is 25.0.